The molecule has 0 saturated carbocycles. The van der Waals surface area contributed by atoms with Gasteiger partial charge in [0, 0.05) is 36.9 Å². The molecule has 0 radical (unpaired) electrons. The topological polar surface area (TPSA) is 78.0 Å². The van der Waals surface area contributed by atoms with Gasteiger partial charge in [0.2, 0.25) is 5.89 Å². The monoisotopic (exact) mass is 319 g/mol. The van der Waals surface area contributed by atoms with Crippen LogP contribution in [-0.2, 0) is 18.3 Å². The van der Waals surface area contributed by atoms with Gasteiger partial charge in [0.25, 0.3) is 0 Å². The van der Waals surface area contributed by atoms with E-state index in [0.29, 0.717) is 18.3 Å². The summed E-state index contributed by atoms with van der Waals surface area (Å²) in [5, 5.41) is 12.0. The van der Waals surface area contributed by atoms with E-state index in [4.69, 9.17) is 9.26 Å². The Kier molecular flexibility index (Phi) is 4.50. The van der Waals surface area contributed by atoms with Crippen molar-refractivity contribution in [2.75, 3.05) is 6.61 Å². The summed E-state index contributed by atoms with van der Waals surface area (Å²) in [6.07, 6.45) is 0.994. The Bertz CT molecular complexity index is 676. The van der Waals surface area contributed by atoms with Gasteiger partial charge < -0.3 is 14.6 Å². The first kappa shape index (κ1) is 16.1. The highest BCUT2D eigenvalue weighted by Crippen LogP contribution is 2.33. The third kappa shape index (κ3) is 3.16. The summed E-state index contributed by atoms with van der Waals surface area (Å²) >= 11 is 0. The molecule has 2 aromatic heterocycles. The average molecular weight is 319 g/mol. The van der Waals surface area contributed by atoms with Gasteiger partial charge in [0.15, 0.2) is 5.82 Å². The molecule has 0 unspecified atom stereocenters. The number of hydrogen-bond acceptors (Lipinski definition) is 6. The van der Waals surface area contributed by atoms with Crippen molar-refractivity contribution in [3.8, 4) is 0 Å². The normalized spacial score (nSPS) is 21.5. The second kappa shape index (κ2) is 6.41. The summed E-state index contributed by atoms with van der Waals surface area (Å²) in [7, 11) is 1.97. The quantitative estimate of drug-likeness (QED) is 0.910. The molecule has 2 atom stereocenters. The van der Waals surface area contributed by atoms with Crippen LogP contribution in [0.5, 0.6) is 0 Å². The molecule has 0 bridgehead atoms. The molecule has 1 aliphatic heterocycles. The SMILES string of the molecule is Cc1nn(C)c(C)c1[C@H]1OCC[C@@H]1NCc1noc(C(C)C)n1. The molecule has 0 spiro atoms. The van der Waals surface area contributed by atoms with E-state index >= 15 is 0 Å². The fourth-order valence-electron chi connectivity index (χ4n) is 3.08. The van der Waals surface area contributed by atoms with Crippen LogP contribution in [0.15, 0.2) is 4.52 Å². The maximum Gasteiger partial charge on any atom is 0.229 e. The molecule has 7 nitrogen and oxygen atoms in total. The highest BCUT2D eigenvalue weighted by atomic mass is 16.5. The van der Waals surface area contributed by atoms with Crippen LogP contribution in [0.4, 0.5) is 0 Å². The Labute approximate surface area is 136 Å². The molecule has 0 aromatic carbocycles. The number of hydrogen-bond donors (Lipinski definition) is 1. The molecule has 1 fully saturated rings. The highest BCUT2D eigenvalue weighted by molar-refractivity contribution is 5.29. The Morgan fingerprint density at radius 2 is 2.13 bits per heavy atom. The van der Waals surface area contributed by atoms with Crippen LogP contribution in [0.25, 0.3) is 0 Å². The van der Waals surface area contributed by atoms with Crippen LogP contribution in [0.2, 0.25) is 0 Å². The lowest BCUT2D eigenvalue weighted by atomic mass is 10.0. The van der Waals surface area contributed by atoms with E-state index in [-0.39, 0.29) is 18.1 Å². The maximum atomic E-state index is 5.98. The van der Waals surface area contributed by atoms with Crippen molar-refractivity contribution in [2.45, 2.75) is 58.7 Å². The first-order chi connectivity index (χ1) is 11.0. The fourth-order valence-corrected chi connectivity index (χ4v) is 3.08. The van der Waals surface area contributed by atoms with Gasteiger partial charge in [-0.2, -0.15) is 10.1 Å². The van der Waals surface area contributed by atoms with E-state index in [1.807, 2.05) is 32.5 Å². The average Bonchev–Trinajstić information content (AvgIpc) is 3.18. The van der Waals surface area contributed by atoms with Crippen molar-refractivity contribution in [3.63, 3.8) is 0 Å². The van der Waals surface area contributed by atoms with Gasteiger partial charge in [-0.15, -0.1) is 0 Å². The lowest BCUT2D eigenvalue weighted by Crippen LogP contribution is -2.32. The molecule has 7 heteroatoms. The minimum Gasteiger partial charge on any atom is -0.372 e. The molecular formula is C16H25N5O2. The van der Waals surface area contributed by atoms with Gasteiger partial charge in [-0.1, -0.05) is 19.0 Å². The molecule has 0 amide bonds. The Morgan fingerprint density at radius 3 is 2.74 bits per heavy atom. The van der Waals surface area contributed by atoms with E-state index in [1.165, 1.54) is 5.56 Å². The van der Waals surface area contributed by atoms with Gasteiger partial charge in [0.1, 0.15) is 6.10 Å². The number of ether oxygens (including phenoxy) is 1. The molecule has 1 aliphatic rings. The van der Waals surface area contributed by atoms with E-state index in [1.54, 1.807) is 0 Å². The summed E-state index contributed by atoms with van der Waals surface area (Å²) in [5.74, 6) is 1.62. The maximum absolute atomic E-state index is 5.98. The zero-order valence-corrected chi connectivity index (χ0v) is 14.5. The smallest absolute Gasteiger partial charge is 0.229 e. The molecule has 3 rings (SSSR count). The van der Waals surface area contributed by atoms with Crippen molar-refractivity contribution >= 4 is 0 Å². The molecule has 3 heterocycles. The first-order valence-corrected chi connectivity index (χ1v) is 8.15. The van der Waals surface area contributed by atoms with Crippen LogP contribution in [-0.4, -0.2) is 32.6 Å². The fraction of sp³-hybridized carbons (Fsp3) is 0.688. The number of rotatable bonds is 5. The van der Waals surface area contributed by atoms with Crippen LogP contribution in [0.3, 0.4) is 0 Å². The van der Waals surface area contributed by atoms with Crippen LogP contribution >= 0.6 is 0 Å². The number of nitrogens with zero attached hydrogens (tertiary/aromatic N) is 4. The summed E-state index contributed by atoms with van der Waals surface area (Å²) in [6.45, 7) is 9.54. The van der Waals surface area contributed by atoms with Gasteiger partial charge in [-0.05, 0) is 20.3 Å². The van der Waals surface area contributed by atoms with E-state index < -0.39 is 0 Å². The number of aryl methyl sites for hydroxylation is 2. The third-order valence-corrected chi connectivity index (χ3v) is 4.44. The summed E-state index contributed by atoms with van der Waals surface area (Å²) < 4.78 is 13.1. The van der Waals surface area contributed by atoms with Crippen LogP contribution in [0.1, 0.15) is 61.0 Å². The zero-order chi connectivity index (χ0) is 16.6. The largest absolute Gasteiger partial charge is 0.372 e. The van der Waals surface area contributed by atoms with Crippen LogP contribution in [0, 0.1) is 13.8 Å². The van der Waals surface area contributed by atoms with Gasteiger partial charge in [-0.25, -0.2) is 0 Å². The number of nitrogens with one attached hydrogen (secondary N) is 1. The van der Waals surface area contributed by atoms with Crippen molar-refractivity contribution in [1.82, 2.24) is 25.2 Å². The lowest BCUT2D eigenvalue weighted by Gasteiger charge is -2.20. The lowest BCUT2D eigenvalue weighted by molar-refractivity contribution is 0.0972. The molecule has 1 saturated heterocycles. The predicted molar refractivity (Wildman–Crippen MR) is 85.0 cm³/mol. The Balaban J connectivity index is 1.69. The minimum atomic E-state index is 0.0279. The number of aromatic nitrogens is 4. The molecule has 0 aliphatic carbocycles. The first-order valence-electron chi connectivity index (χ1n) is 8.15. The molecule has 126 valence electrons. The molecular weight excluding hydrogens is 294 g/mol. The minimum absolute atomic E-state index is 0.0279. The zero-order valence-electron chi connectivity index (χ0n) is 14.5. The van der Waals surface area contributed by atoms with Crippen LogP contribution < -0.4 is 5.32 Å². The second-order valence-corrected chi connectivity index (χ2v) is 6.48. The Morgan fingerprint density at radius 1 is 1.35 bits per heavy atom. The van der Waals surface area contributed by atoms with Crippen molar-refractivity contribution in [2.24, 2.45) is 7.05 Å². The van der Waals surface area contributed by atoms with Crippen molar-refractivity contribution in [1.29, 1.82) is 0 Å². The predicted octanol–water partition coefficient (Wildman–Crippen LogP) is 2.16. The summed E-state index contributed by atoms with van der Waals surface area (Å²) in [4.78, 5) is 4.41. The van der Waals surface area contributed by atoms with E-state index in [9.17, 15) is 0 Å². The van der Waals surface area contributed by atoms with Gasteiger partial charge in [0.05, 0.1) is 12.2 Å². The standard InChI is InChI=1S/C16H25N5O2/c1-9(2)16-18-13(20-23-16)8-17-12-6-7-22-15(12)14-10(3)19-21(5)11(14)4/h9,12,15,17H,6-8H2,1-5H3/t12-,15-/m0/s1. The summed E-state index contributed by atoms with van der Waals surface area (Å²) in [6, 6.07) is 0.234. The van der Waals surface area contributed by atoms with Gasteiger partial charge in [-0.3, -0.25) is 4.68 Å². The van der Waals surface area contributed by atoms with E-state index in [2.05, 4.69) is 27.5 Å². The van der Waals surface area contributed by atoms with Gasteiger partial charge >= 0.3 is 0 Å². The molecule has 1 N–H and O–H groups in total. The summed E-state index contributed by atoms with van der Waals surface area (Å²) in [5.41, 5.74) is 3.38. The highest BCUT2D eigenvalue weighted by Gasteiger charge is 2.33. The molecule has 23 heavy (non-hydrogen) atoms. The van der Waals surface area contributed by atoms with Crippen molar-refractivity contribution in [3.05, 3.63) is 28.7 Å². The van der Waals surface area contributed by atoms with E-state index in [0.717, 1.165) is 24.4 Å². The molecule has 2 aromatic rings. The third-order valence-electron chi connectivity index (χ3n) is 4.44. The Hall–Kier alpha value is -1.73. The second-order valence-electron chi connectivity index (χ2n) is 6.48. The van der Waals surface area contributed by atoms with Crippen molar-refractivity contribution < 1.29 is 9.26 Å².